The molecule has 0 radical (unpaired) electrons. The molecule has 0 saturated carbocycles. The fraction of sp³-hybridized carbons (Fsp3) is 0.250. The minimum atomic E-state index is -0.0231. The van der Waals surface area contributed by atoms with Crippen molar-refractivity contribution >= 4 is 17.3 Å². The number of nitrogens with one attached hydrogen (secondary N) is 1. The van der Waals surface area contributed by atoms with Crippen LogP contribution in [0.3, 0.4) is 0 Å². The van der Waals surface area contributed by atoms with Crippen molar-refractivity contribution < 1.29 is 14.6 Å². The van der Waals surface area contributed by atoms with Crippen LogP contribution in [0, 0.1) is 0 Å². The van der Waals surface area contributed by atoms with Gasteiger partial charge in [0.1, 0.15) is 18.1 Å². The van der Waals surface area contributed by atoms with Gasteiger partial charge in [-0.15, -0.1) is 0 Å². The number of aliphatic hydroxyl groups is 1. The van der Waals surface area contributed by atoms with Gasteiger partial charge in [0.15, 0.2) is 0 Å². The quantitative estimate of drug-likeness (QED) is 0.824. The summed E-state index contributed by atoms with van der Waals surface area (Å²) in [4.78, 5) is 0. The van der Waals surface area contributed by atoms with Gasteiger partial charge in [-0.05, 0) is 17.7 Å². The van der Waals surface area contributed by atoms with Gasteiger partial charge in [-0.1, -0.05) is 23.7 Å². The third-order valence-corrected chi connectivity index (χ3v) is 3.14. The summed E-state index contributed by atoms with van der Waals surface area (Å²) in [5, 5.41) is 12.8. The lowest BCUT2D eigenvalue weighted by molar-refractivity contribution is 0.201. The van der Waals surface area contributed by atoms with Crippen molar-refractivity contribution in [2.45, 2.75) is 6.54 Å². The lowest BCUT2D eigenvalue weighted by Crippen LogP contribution is -2.03. The summed E-state index contributed by atoms with van der Waals surface area (Å²) in [6.45, 7) is 0.901. The van der Waals surface area contributed by atoms with Crippen LogP contribution < -0.4 is 14.8 Å². The molecule has 0 spiro atoms. The van der Waals surface area contributed by atoms with E-state index in [4.69, 9.17) is 26.2 Å². The number of rotatable bonds is 7. The lowest BCUT2D eigenvalue weighted by Gasteiger charge is -2.12. The highest BCUT2D eigenvalue weighted by atomic mass is 35.5. The summed E-state index contributed by atoms with van der Waals surface area (Å²) >= 11 is 5.86. The van der Waals surface area contributed by atoms with Gasteiger partial charge in [0, 0.05) is 35.5 Å². The smallest absolute Gasteiger partial charge is 0.125 e. The minimum Gasteiger partial charge on any atom is -0.497 e. The molecule has 2 N–H and O–H groups in total. The Balaban J connectivity index is 2.05. The molecule has 0 aliphatic carbocycles. The Kier molecular flexibility index (Phi) is 5.72. The van der Waals surface area contributed by atoms with Gasteiger partial charge in [-0.2, -0.15) is 0 Å². The molecule has 112 valence electrons. The van der Waals surface area contributed by atoms with E-state index in [9.17, 15) is 0 Å². The average Bonchev–Trinajstić information content (AvgIpc) is 2.52. The number of ether oxygens (including phenoxy) is 2. The number of methoxy groups -OCH3 is 1. The van der Waals surface area contributed by atoms with Crippen molar-refractivity contribution in [1.29, 1.82) is 0 Å². The number of benzene rings is 2. The third kappa shape index (κ3) is 4.85. The van der Waals surface area contributed by atoms with E-state index in [0.29, 0.717) is 18.0 Å². The molecule has 2 rings (SSSR count). The number of hydrogen-bond acceptors (Lipinski definition) is 4. The molecule has 0 heterocycles. The fourth-order valence-corrected chi connectivity index (χ4v) is 1.97. The van der Waals surface area contributed by atoms with Crippen LogP contribution in [0.1, 0.15) is 5.56 Å². The fourth-order valence-electron chi connectivity index (χ4n) is 1.84. The van der Waals surface area contributed by atoms with Crippen LogP contribution in [-0.4, -0.2) is 25.4 Å². The van der Waals surface area contributed by atoms with Crippen molar-refractivity contribution in [3.05, 3.63) is 53.1 Å². The Morgan fingerprint density at radius 1 is 1.10 bits per heavy atom. The molecule has 0 amide bonds. The monoisotopic (exact) mass is 307 g/mol. The molecular formula is C16H18ClNO3. The lowest BCUT2D eigenvalue weighted by atomic mass is 10.2. The Bertz CT molecular complexity index is 572. The predicted octanol–water partition coefficient (Wildman–Crippen LogP) is 3.33. The van der Waals surface area contributed by atoms with Crippen molar-refractivity contribution in [2.75, 3.05) is 25.6 Å². The molecular weight excluding hydrogens is 290 g/mol. The predicted molar refractivity (Wildman–Crippen MR) is 84.4 cm³/mol. The van der Waals surface area contributed by atoms with Gasteiger partial charge in [0.2, 0.25) is 0 Å². The molecule has 0 aliphatic heterocycles. The summed E-state index contributed by atoms with van der Waals surface area (Å²) in [5.41, 5.74) is 2.01. The molecule has 0 atom stereocenters. The topological polar surface area (TPSA) is 50.7 Å². The highest BCUT2D eigenvalue weighted by molar-refractivity contribution is 6.30. The number of halogens is 1. The van der Waals surface area contributed by atoms with Gasteiger partial charge in [-0.3, -0.25) is 0 Å². The number of aliphatic hydroxyl groups excluding tert-OH is 1. The van der Waals surface area contributed by atoms with E-state index >= 15 is 0 Å². The molecule has 0 saturated heterocycles. The summed E-state index contributed by atoms with van der Waals surface area (Å²) in [5.74, 6) is 1.35. The van der Waals surface area contributed by atoms with Crippen LogP contribution in [0.5, 0.6) is 11.5 Å². The first-order valence-electron chi connectivity index (χ1n) is 6.62. The molecule has 5 heteroatoms. The van der Waals surface area contributed by atoms with Crippen molar-refractivity contribution in [3.8, 4) is 11.5 Å². The maximum atomic E-state index is 8.82. The first-order valence-corrected chi connectivity index (χ1v) is 7.00. The van der Waals surface area contributed by atoms with E-state index in [2.05, 4.69) is 5.32 Å². The highest BCUT2D eigenvalue weighted by Crippen LogP contribution is 2.26. The van der Waals surface area contributed by atoms with E-state index in [1.807, 2.05) is 36.4 Å². The average molecular weight is 308 g/mol. The van der Waals surface area contributed by atoms with Crippen LogP contribution in [0.2, 0.25) is 5.02 Å². The number of hydrogen-bond donors (Lipinski definition) is 2. The van der Waals surface area contributed by atoms with Crippen LogP contribution in [-0.2, 0) is 6.54 Å². The summed E-state index contributed by atoms with van der Waals surface area (Å²) in [6, 6.07) is 13.2. The second-order valence-electron chi connectivity index (χ2n) is 4.45. The Labute approximate surface area is 129 Å². The molecule has 0 fully saturated rings. The standard InChI is InChI=1S/C16H18ClNO3/c1-20-15-8-14(9-16(10-15)21-7-6-19)18-11-12-2-4-13(17)5-3-12/h2-5,8-10,18-19H,6-7,11H2,1H3. The zero-order valence-corrected chi connectivity index (χ0v) is 12.6. The summed E-state index contributed by atoms with van der Waals surface area (Å²) in [6.07, 6.45) is 0. The van der Waals surface area contributed by atoms with Crippen LogP contribution >= 0.6 is 11.6 Å². The zero-order chi connectivity index (χ0) is 15.1. The second kappa shape index (κ2) is 7.76. The third-order valence-electron chi connectivity index (χ3n) is 2.89. The van der Waals surface area contributed by atoms with Crippen LogP contribution in [0.25, 0.3) is 0 Å². The van der Waals surface area contributed by atoms with Gasteiger partial charge in [0.25, 0.3) is 0 Å². The van der Waals surface area contributed by atoms with E-state index in [0.717, 1.165) is 16.3 Å². The maximum absolute atomic E-state index is 8.82. The van der Waals surface area contributed by atoms with Crippen LogP contribution in [0.15, 0.2) is 42.5 Å². The Morgan fingerprint density at radius 3 is 2.48 bits per heavy atom. The molecule has 0 bridgehead atoms. The molecule has 0 unspecified atom stereocenters. The van der Waals surface area contributed by atoms with E-state index in [-0.39, 0.29) is 13.2 Å². The molecule has 2 aromatic rings. The van der Waals surface area contributed by atoms with Crippen molar-refractivity contribution in [3.63, 3.8) is 0 Å². The summed E-state index contributed by atoms with van der Waals surface area (Å²) in [7, 11) is 1.61. The van der Waals surface area contributed by atoms with Gasteiger partial charge >= 0.3 is 0 Å². The minimum absolute atomic E-state index is 0.0231. The molecule has 0 aliphatic rings. The maximum Gasteiger partial charge on any atom is 0.125 e. The van der Waals surface area contributed by atoms with E-state index in [1.54, 1.807) is 13.2 Å². The Hall–Kier alpha value is -1.91. The molecule has 21 heavy (non-hydrogen) atoms. The first-order chi connectivity index (χ1) is 10.2. The second-order valence-corrected chi connectivity index (χ2v) is 4.89. The summed E-state index contributed by atoms with van der Waals surface area (Å²) < 4.78 is 10.7. The first kappa shape index (κ1) is 15.5. The van der Waals surface area contributed by atoms with E-state index < -0.39 is 0 Å². The number of anilines is 1. The zero-order valence-electron chi connectivity index (χ0n) is 11.8. The highest BCUT2D eigenvalue weighted by Gasteiger charge is 2.03. The van der Waals surface area contributed by atoms with Gasteiger partial charge in [-0.25, -0.2) is 0 Å². The van der Waals surface area contributed by atoms with Gasteiger partial charge in [0.05, 0.1) is 13.7 Å². The normalized spacial score (nSPS) is 10.2. The molecule has 0 aromatic heterocycles. The SMILES string of the molecule is COc1cc(NCc2ccc(Cl)cc2)cc(OCCO)c1. The largest absolute Gasteiger partial charge is 0.497 e. The van der Waals surface area contributed by atoms with Gasteiger partial charge < -0.3 is 19.9 Å². The molecule has 2 aromatic carbocycles. The Morgan fingerprint density at radius 2 is 1.81 bits per heavy atom. The van der Waals surface area contributed by atoms with E-state index in [1.165, 1.54) is 0 Å². The molecule has 4 nitrogen and oxygen atoms in total. The van der Waals surface area contributed by atoms with Crippen LogP contribution in [0.4, 0.5) is 5.69 Å². The van der Waals surface area contributed by atoms with Crippen molar-refractivity contribution in [1.82, 2.24) is 0 Å². The van der Waals surface area contributed by atoms with Crippen molar-refractivity contribution in [2.24, 2.45) is 0 Å².